The standard InChI is InChI=1S/C24H32BrIO/c1-16(2)13-14-24(3,4)18-6-9-20(10-7-18)27-22-12-5-17-15-19(25)8-11-21(17)23(22)26/h5,8,11-12,15-16,18,20H,6-7,9-10,13-14H2,1-4H3/t18-,20-. The van der Waals surface area contributed by atoms with E-state index in [0.29, 0.717) is 11.5 Å². The lowest BCUT2D eigenvalue weighted by molar-refractivity contribution is 0.0720. The molecular weight excluding hydrogens is 511 g/mol. The molecule has 1 saturated carbocycles. The molecule has 0 saturated heterocycles. The third kappa shape index (κ3) is 5.41. The lowest BCUT2D eigenvalue weighted by Gasteiger charge is -2.40. The Hall–Kier alpha value is -0.290. The van der Waals surface area contributed by atoms with Crippen LogP contribution in [-0.2, 0) is 0 Å². The highest BCUT2D eigenvalue weighted by Gasteiger charge is 2.33. The minimum Gasteiger partial charge on any atom is -0.489 e. The first-order chi connectivity index (χ1) is 12.8. The smallest absolute Gasteiger partial charge is 0.133 e. The molecule has 1 aliphatic carbocycles. The second-order valence-corrected chi connectivity index (χ2v) is 11.3. The van der Waals surface area contributed by atoms with Gasteiger partial charge in [0.1, 0.15) is 5.75 Å². The van der Waals surface area contributed by atoms with Crippen LogP contribution in [0.3, 0.4) is 0 Å². The molecule has 2 aromatic rings. The summed E-state index contributed by atoms with van der Waals surface area (Å²) in [6.45, 7) is 9.63. The van der Waals surface area contributed by atoms with Crippen LogP contribution in [0.25, 0.3) is 10.8 Å². The van der Waals surface area contributed by atoms with E-state index in [1.807, 2.05) is 0 Å². The first-order valence-electron chi connectivity index (χ1n) is 10.3. The molecule has 1 aliphatic rings. The number of ether oxygens (including phenoxy) is 1. The molecule has 0 N–H and O–H groups in total. The lowest BCUT2D eigenvalue weighted by atomic mass is 9.68. The molecule has 27 heavy (non-hydrogen) atoms. The Balaban J connectivity index is 1.62. The van der Waals surface area contributed by atoms with Gasteiger partial charge >= 0.3 is 0 Å². The van der Waals surface area contributed by atoms with Crippen molar-refractivity contribution in [1.82, 2.24) is 0 Å². The zero-order valence-corrected chi connectivity index (χ0v) is 20.8. The highest BCUT2D eigenvalue weighted by atomic mass is 127. The van der Waals surface area contributed by atoms with E-state index < -0.39 is 0 Å². The van der Waals surface area contributed by atoms with Crippen LogP contribution in [0.15, 0.2) is 34.8 Å². The molecule has 0 aromatic heterocycles. The van der Waals surface area contributed by atoms with Gasteiger partial charge in [0.15, 0.2) is 0 Å². The Kier molecular flexibility index (Phi) is 7.16. The quantitative estimate of drug-likeness (QED) is 0.332. The number of fused-ring (bicyclic) bond motifs is 1. The van der Waals surface area contributed by atoms with Gasteiger partial charge in [0.2, 0.25) is 0 Å². The highest BCUT2D eigenvalue weighted by Crippen LogP contribution is 2.43. The molecule has 2 aromatic carbocycles. The van der Waals surface area contributed by atoms with E-state index in [1.165, 1.54) is 52.9 Å². The fourth-order valence-electron chi connectivity index (χ4n) is 4.34. The molecule has 3 heteroatoms. The van der Waals surface area contributed by atoms with Crippen molar-refractivity contribution < 1.29 is 4.74 Å². The van der Waals surface area contributed by atoms with Gasteiger partial charge in [0.05, 0.1) is 9.67 Å². The maximum absolute atomic E-state index is 6.46. The summed E-state index contributed by atoms with van der Waals surface area (Å²) in [6, 6.07) is 10.8. The van der Waals surface area contributed by atoms with E-state index in [9.17, 15) is 0 Å². The fourth-order valence-corrected chi connectivity index (χ4v) is 5.52. The summed E-state index contributed by atoms with van der Waals surface area (Å²) in [7, 11) is 0. The predicted molar refractivity (Wildman–Crippen MR) is 129 cm³/mol. The second kappa shape index (κ2) is 9.02. The third-order valence-corrected chi connectivity index (χ3v) is 7.93. The van der Waals surface area contributed by atoms with Crippen LogP contribution in [0.1, 0.15) is 66.2 Å². The van der Waals surface area contributed by atoms with Crippen molar-refractivity contribution in [3.63, 3.8) is 0 Å². The van der Waals surface area contributed by atoms with Gasteiger partial charge in [0, 0.05) is 4.47 Å². The molecule has 1 nitrogen and oxygen atoms in total. The Labute approximate surface area is 186 Å². The average molecular weight is 543 g/mol. The van der Waals surface area contributed by atoms with Crippen LogP contribution in [0.4, 0.5) is 0 Å². The maximum atomic E-state index is 6.46. The molecule has 0 unspecified atom stereocenters. The summed E-state index contributed by atoms with van der Waals surface area (Å²) in [5.74, 6) is 2.69. The third-order valence-electron chi connectivity index (χ3n) is 6.32. The van der Waals surface area contributed by atoms with E-state index in [1.54, 1.807) is 0 Å². The van der Waals surface area contributed by atoms with Crippen molar-refractivity contribution in [2.24, 2.45) is 17.3 Å². The van der Waals surface area contributed by atoms with Gasteiger partial charge in [0.25, 0.3) is 0 Å². The van der Waals surface area contributed by atoms with Crippen LogP contribution in [0, 0.1) is 20.8 Å². The Morgan fingerprint density at radius 2 is 1.81 bits per heavy atom. The Morgan fingerprint density at radius 3 is 2.48 bits per heavy atom. The van der Waals surface area contributed by atoms with Crippen molar-refractivity contribution in [2.45, 2.75) is 72.3 Å². The molecule has 0 heterocycles. The van der Waals surface area contributed by atoms with Gasteiger partial charge < -0.3 is 4.74 Å². The predicted octanol–water partition coefficient (Wildman–Crippen LogP) is 8.61. The van der Waals surface area contributed by atoms with Gasteiger partial charge in [-0.2, -0.15) is 0 Å². The summed E-state index contributed by atoms with van der Waals surface area (Å²) >= 11 is 6.00. The number of halogens is 2. The van der Waals surface area contributed by atoms with Gasteiger partial charge in [-0.05, 0) is 101 Å². The zero-order chi connectivity index (χ0) is 19.6. The molecule has 0 radical (unpaired) electrons. The van der Waals surface area contributed by atoms with E-state index >= 15 is 0 Å². The molecular formula is C24H32BrIO. The van der Waals surface area contributed by atoms with Crippen molar-refractivity contribution in [3.8, 4) is 5.75 Å². The van der Waals surface area contributed by atoms with Crippen LogP contribution in [0.2, 0.25) is 0 Å². The minimum atomic E-state index is 0.364. The SMILES string of the molecule is CC(C)CCC(C)(C)[C@H]1CC[C@H](Oc2ccc3cc(Br)ccc3c2I)CC1. The summed E-state index contributed by atoms with van der Waals surface area (Å²) in [6.07, 6.45) is 8.02. The fraction of sp³-hybridized carbons (Fsp3) is 0.583. The Morgan fingerprint density at radius 1 is 1.11 bits per heavy atom. The molecule has 1 fully saturated rings. The molecule has 0 bridgehead atoms. The molecule has 0 aliphatic heterocycles. The van der Waals surface area contributed by atoms with Crippen LogP contribution in [-0.4, -0.2) is 6.10 Å². The molecule has 148 valence electrons. The van der Waals surface area contributed by atoms with Crippen molar-refractivity contribution in [3.05, 3.63) is 38.4 Å². The number of hydrogen-bond donors (Lipinski definition) is 0. The lowest BCUT2D eigenvalue weighted by Crippen LogP contribution is -2.32. The number of benzene rings is 2. The summed E-state index contributed by atoms with van der Waals surface area (Å²) in [5, 5.41) is 2.54. The first kappa shape index (κ1) is 21.4. The monoisotopic (exact) mass is 542 g/mol. The van der Waals surface area contributed by atoms with Gasteiger partial charge in [-0.1, -0.05) is 62.2 Å². The van der Waals surface area contributed by atoms with Crippen LogP contribution in [0.5, 0.6) is 5.75 Å². The van der Waals surface area contributed by atoms with Crippen molar-refractivity contribution in [2.75, 3.05) is 0 Å². The topological polar surface area (TPSA) is 9.23 Å². The van der Waals surface area contributed by atoms with Crippen LogP contribution >= 0.6 is 38.5 Å². The summed E-state index contributed by atoms with van der Waals surface area (Å²) < 4.78 is 8.82. The van der Waals surface area contributed by atoms with Gasteiger partial charge in [-0.25, -0.2) is 0 Å². The molecule has 0 amide bonds. The average Bonchev–Trinajstić information content (AvgIpc) is 2.63. The van der Waals surface area contributed by atoms with Crippen molar-refractivity contribution >= 4 is 49.3 Å². The van der Waals surface area contributed by atoms with E-state index in [0.717, 1.165) is 22.1 Å². The molecule has 3 rings (SSSR count). The minimum absolute atomic E-state index is 0.364. The number of rotatable bonds is 6. The number of hydrogen-bond acceptors (Lipinski definition) is 1. The van der Waals surface area contributed by atoms with E-state index in [2.05, 4.69) is 96.5 Å². The summed E-state index contributed by atoms with van der Waals surface area (Å²) in [5.41, 5.74) is 0.458. The zero-order valence-electron chi connectivity index (χ0n) is 17.0. The van der Waals surface area contributed by atoms with Crippen molar-refractivity contribution in [1.29, 1.82) is 0 Å². The Bertz CT molecular complexity index is 775. The molecule has 0 atom stereocenters. The summed E-state index contributed by atoms with van der Waals surface area (Å²) in [4.78, 5) is 0. The van der Waals surface area contributed by atoms with E-state index in [4.69, 9.17) is 4.74 Å². The highest BCUT2D eigenvalue weighted by molar-refractivity contribution is 14.1. The normalized spacial score (nSPS) is 21.0. The van der Waals surface area contributed by atoms with E-state index in [-0.39, 0.29) is 0 Å². The second-order valence-electron chi connectivity index (χ2n) is 9.26. The van der Waals surface area contributed by atoms with Gasteiger partial charge in [-0.3, -0.25) is 0 Å². The molecule has 0 spiro atoms. The largest absolute Gasteiger partial charge is 0.489 e. The van der Waals surface area contributed by atoms with Crippen LogP contribution < -0.4 is 4.74 Å². The maximum Gasteiger partial charge on any atom is 0.133 e. The van der Waals surface area contributed by atoms with Gasteiger partial charge in [-0.15, -0.1) is 0 Å². The first-order valence-corrected chi connectivity index (χ1v) is 12.2.